The SMILES string of the molecule is O=C(O)CN1CCN(CC2CCCOC2)CC1=O. The first-order chi connectivity index (χ1) is 8.65. The summed E-state index contributed by atoms with van der Waals surface area (Å²) in [6, 6.07) is 0. The van der Waals surface area contributed by atoms with Gasteiger partial charge < -0.3 is 14.7 Å². The van der Waals surface area contributed by atoms with Crippen molar-refractivity contribution in [1.82, 2.24) is 9.80 Å². The Morgan fingerprint density at radius 2 is 2.28 bits per heavy atom. The third-order valence-corrected chi connectivity index (χ3v) is 3.49. The summed E-state index contributed by atoms with van der Waals surface area (Å²) in [7, 11) is 0. The van der Waals surface area contributed by atoms with Gasteiger partial charge in [-0.15, -0.1) is 0 Å². The molecule has 1 atom stereocenters. The molecule has 1 unspecified atom stereocenters. The van der Waals surface area contributed by atoms with Crippen LogP contribution in [0.15, 0.2) is 0 Å². The number of rotatable bonds is 4. The Bertz CT molecular complexity index is 315. The summed E-state index contributed by atoms with van der Waals surface area (Å²) in [5.41, 5.74) is 0. The van der Waals surface area contributed by atoms with E-state index >= 15 is 0 Å². The zero-order valence-electron chi connectivity index (χ0n) is 10.5. The molecule has 0 aromatic heterocycles. The molecular formula is C12H20N2O4. The van der Waals surface area contributed by atoms with Crippen molar-refractivity contribution in [2.24, 2.45) is 5.92 Å². The third kappa shape index (κ3) is 3.68. The van der Waals surface area contributed by atoms with Crippen molar-refractivity contribution in [2.45, 2.75) is 12.8 Å². The van der Waals surface area contributed by atoms with E-state index < -0.39 is 5.97 Å². The molecule has 0 radical (unpaired) electrons. The number of nitrogens with zero attached hydrogens (tertiary/aromatic N) is 2. The molecule has 2 rings (SSSR count). The lowest BCUT2D eigenvalue weighted by atomic mass is 10.0. The molecule has 2 fully saturated rings. The van der Waals surface area contributed by atoms with Crippen LogP contribution in [-0.2, 0) is 14.3 Å². The highest BCUT2D eigenvalue weighted by Gasteiger charge is 2.27. The second-order valence-electron chi connectivity index (χ2n) is 5.03. The van der Waals surface area contributed by atoms with E-state index in [0.717, 1.165) is 39.1 Å². The second-order valence-corrected chi connectivity index (χ2v) is 5.03. The van der Waals surface area contributed by atoms with Gasteiger partial charge in [-0.25, -0.2) is 0 Å². The molecule has 0 bridgehead atoms. The summed E-state index contributed by atoms with van der Waals surface area (Å²) in [6.07, 6.45) is 2.25. The molecule has 0 spiro atoms. The quantitative estimate of drug-likeness (QED) is 0.744. The van der Waals surface area contributed by atoms with Gasteiger partial charge in [-0.2, -0.15) is 0 Å². The molecule has 0 aromatic carbocycles. The Hall–Kier alpha value is -1.14. The monoisotopic (exact) mass is 256 g/mol. The molecule has 2 aliphatic heterocycles. The Labute approximate surface area is 106 Å². The van der Waals surface area contributed by atoms with E-state index in [2.05, 4.69) is 4.90 Å². The van der Waals surface area contributed by atoms with Crippen LogP contribution in [0.2, 0.25) is 0 Å². The molecule has 0 saturated carbocycles. The van der Waals surface area contributed by atoms with Gasteiger partial charge in [-0.3, -0.25) is 14.5 Å². The van der Waals surface area contributed by atoms with Crippen LogP contribution in [0.25, 0.3) is 0 Å². The highest BCUT2D eigenvalue weighted by Crippen LogP contribution is 2.16. The molecule has 1 N–H and O–H groups in total. The van der Waals surface area contributed by atoms with E-state index in [1.165, 1.54) is 4.90 Å². The Kier molecular flexibility index (Phi) is 4.54. The second kappa shape index (κ2) is 6.15. The number of carbonyl (C=O) groups is 2. The number of carboxylic acids is 1. The van der Waals surface area contributed by atoms with Crippen molar-refractivity contribution < 1.29 is 19.4 Å². The van der Waals surface area contributed by atoms with Crippen molar-refractivity contribution in [1.29, 1.82) is 0 Å². The maximum atomic E-state index is 11.8. The van der Waals surface area contributed by atoms with Gasteiger partial charge in [-0.05, 0) is 18.8 Å². The van der Waals surface area contributed by atoms with E-state index in [1.807, 2.05) is 0 Å². The molecule has 1 amide bonds. The molecule has 102 valence electrons. The van der Waals surface area contributed by atoms with Crippen molar-refractivity contribution in [2.75, 3.05) is 45.9 Å². The number of aliphatic carboxylic acids is 1. The van der Waals surface area contributed by atoms with E-state index in [0.29, 0.717) is 19.0 Å². The zero-order valence-corrected chi connectivity index (χ0v) is 10.5. The summed E-state index contributed by atoms with van der Waals surface area (Å²) in [5, 5.41) is 8.69. The van der Waals surface area contributed by atoms with Gasteiger partial charge in [0.05, 0.1) is 13.2 Å². The average Bonchev–Trinajstić information content (AvgIpc) is 2.33. The van der Waals surface area contributed by atoms with Crippen LogP contribution in [0.3, 0.4) is 0 Å². The minimum Gasteiger partial charge on any atom is -0.480 e. The number of carboxylic acid groups (broad SMARTS) is 1. The Morgan fingerprint density at radius 1 is 1.44 bits per heavy atom. The highest BCUT2D eigenvalue weighted by atomic mass is 16.5. The fraction of sp³-hybridized carbons (Fsp3) is 0.833. The topological polar surface area (TPSA) is 70.1 Å². The van der Waals surface area contributed by atoms with Gasteiger partial charge in [0.15, 0.2) is 0 Å². The van der Waals surface area contributed by atoms with Gasteiger partial charge in [0.1, 0.15) is 6.54 Å². The molecule has 0 aliphatic carbocycles. The maximum absolute atomic E-state index is 11.8. The fourth-order valence-corrected chi connectivity index (χ4v) is 2.56. The fourth-order valence-electron chi connectivity index (χ4n) is 2.56. The summed E-state index contributed by atoms with van der Waals surface area (Å²) >= 11 is 0. The molecule has 6 heteroatoms. The van der Waals surface area contributed by atoms with Crippen LogP contribution in [0.5, 0.6) is 0 Å². The minimum absolute atomic E-state index is 0.0830. The molecule has 0 aromatic rings. The van der Waals surface area contributed by atoms with Crippen molar-refractivity contribution in [3.8, 4) is 0 Å². The summed E-state index contributed by atoms with van der Waals surface area (Å²) in [4.78, 5) is 25.9. The van der Waals surface area contributed by atoms with Crippen molar-refractivity contribution in [3.05, 3.63) is 0 Å². The summed E-state index contributed by atoms with van der Waals surface area (Å²) in [6.45, 7) is 3.94. The van der Waals surface area contributed by atoms with Crippen LogP contribution >= 0.6 is 0 Å². The standard InChI is InChI=1S/C12H20N2O4/c15-11-7-13(3-4-14(11)8-12(16)17)6-10-2-1-5-18-9-10/h10H,1-9H2,(H,16,17). The predicted octanol–water partition coefficient (Wildman–Crippen LogP) is -0.358. The summed E-state index contributed by atoms with van der Waals surface area (Å²) < 4.78 is 5.42. The van der Waals surface area contributed by atoms with Crippen LogP contribution < -0.4 is 0 Å². The van der Waals surface area contributed by atoms with Crippen molar-refractivity contribution in [3.63, 3.8) is 0 Å². The van der Waals surface area contributed by atoms with Crippen molar-refractivity contribution >= 4 is 11.9 Å². The molecule has 2 saturated heterocycles. The predicted molar refractivity (Wildman–Crippen MR) is 64.2 cm³/mol. The number of hydrogen-bond donors (Lipinski definition) is 1. The largest absolute Gasteiger partial charge is 0.480 e. The first-order valence-corrected chi connectivity index (χ1v) is 6.45. The lowest BCUT2D eigenvalue weighted by Crippen LogP contribution is -2.53. The molecular weight excluding hydrogens is 236 g/mol. The third-order valence-electron chi connectivity index (χ3n) is 3.49. The van der Waals surface area contributed by atoms with Crippen LogP contribution in [0.4, 0.5) is 0 Å². The van der Waals surface area contributed by atoms with Crippen LogP contribution in [-0.4, -0.2) is 72.7 Å². The van der Waals surface area contributed by atoms with Gasteiger partial charge in [-0.1, -0.05) is 0 Å². The first-order valence-electron chi connectivity index (χ1n) is 6.45. The molecule has 2 heterocycles. The van der Waals surface area contributed by atoms with Gasteiger partial charge in [0.25, 0.3) is 0 Å². The zero-order chi connectivity index (χ0) is 13.0. The summed E-state index contributed by atoms with van der Waals surface area (Å²) in [5.74, 6) is -0.518. The number of carbonyl (C=O) groups excluding carboxylic acids is 1. The smallest absolute Gasteiger partial charge is 0.323 e. The van der Waals surface area contributed by atoms with Crippen LogP contribution in [0.1, 0.15) is 12.8 Å². The van der Waals surface area contributed by atoms with Gasteiger partial charge >= 0.3 is 5.97 Å². The molecule has 2 aliphatic rings. The molecule has 18 heavy (non-hydrogen) atoms. The van der Waals surface area contributed by atoms with E-state index in [9.17, 15) is 9.59 Å². The van der Waals surface area contributed by atoms with E-state index in [-0.39, 0.29) is 12.5 Å². The Balaban J connectivity index is 1.76. The van der Waals surface area contributed by atoms with Gasteiger partial charge in [0.2, 0.25) is 5.91 Å². The maximum Gasteiger partial charge on any atom is 0.323 e. The average molecular weight is 256 g/mol. The van der Waals surface area contributed by atoms with Crippen LogP contribution in [0, 0.1) is 5.92 Å². The normalized spacial score (nSPS) is 26.3. The number of amides is 1. The lowest BCUT2D eigenvalue weighted by Gasteiger charge is -2.36. The Morgan fingerprint density at radius 3 is 2.89 bits per heavy atom. The number of piperazine rings is 1. The van der Waals surface area contributed by atoms with E-state index in [1.54, 1.807) is 0 Å². The highest BCUT2D eigenvalue weighted by molar-refractivity contribution is 5.83. The molecule has 6 nitrogen and oxygen atoms in total. The first kappa shape index (κ1) is 13.3. The van der Waals surface area contributed by atoms with Gasteiger partial charge in [0, 0.05) is 26.2 Å². The van der Waals surface area contributed by atoms with E-state index in [4.69, 9.17) is 9.84 Å². The minimum atomic E-state index is -0.947. The lowest BCUT2D eigenvalue weighted by molar-refractivity contribution is -0.147. The number of ether oxygens (including phenoxy) is 1. The number of hydrogen-bond acceptors (Lipinski definition) is 4.